The van der Waals surface area contributed by atoms with E-state index in [4.69, 9.17) is 20.5 Å². The molecule has 2 rings (SSSR count). The van der Waals surface area contributed by atoms with Crippen molar-refractivity contribution in [2.24, 2.45) is 0 Å². The van der Waals surface area contributed by atoms with Crippen LogP contribution in [0.3, 0.4) is 0 Å². The maximum Gasteiger partial charge on any atom is 0.350 e. The maximum atomic E-state index is 12.8. The average molecular weight is 320 g/mol. The SMILES string of the molecule is CCOC(=O)c1sc(OCc2ccc(F)cc2)c(C#N)c1N. The van der Waals surface area contributed by atoms with Gasteiger partial charge in [-0.3, -0.25) is 0 Å². The van der Waals surface area contributed by atoms with Crippen LogP contribution in [0.2, 0.25) is 0 Å². The van der Waals surface area contributed by atoms with Crippen LogP contribution in [0.5, 0.6) is 5.06 Å². The van der Waals surface area contributed by atoms with Crippen molar-refractivity contribution in [2.75, 3.05) is 12.3 Å². The third-order valence-electron chi connectivity index (χ3n) is 2.77. The summed E-state index contributed by atoms with van der Waals surface area (Å²) in [7, 11) is 0. The summed E-state index contributed by atoms with van der Waals surface area (Å²) in [4.78, 5) is 11.9. The van der Waals surface area contributed by atoms with Crippen molar-refractivity contribution in [3.63, 3.8) is 0 Å². The lowest BCUT2D eigenvalue weighted by Gasteiger charge is -2.04. The topological polar surface area (TPSA) is 85.3 Å². The number of thiophene rings is 1. The van der Waals surface area contributed by atoms with Gasteiger partial charge in [0.15, 0.2) is 5.06 Å². The van der Waals surface area contributed by atoms with Crippen molar-refractivity contribution in [1.82, 2.24) is 0 Å². The van der Waals surface area contributed by atoms with Crippen LogP contribution in [0.15, 0.2) is 24.3 Å². The molecule has 0 fully saturated rings. The third-order valence-corrected chi connectivity index (χ3v) is 3.87. The molecule has 2 aromatic rings. The molecule has 1 aromatic heterocycles. The standard InChI is InChI=1S/C15H13FN2O3S/c1-2-20-14(19)13-12(18)11(7-17)15(22-13)21-8-9-3-5-10(16)6-4-9/h3-6H,2,8,18H2,1H3. The van der Waals surface area contributed by atoms with Crippen LogP contribution in [0, 0.1) is 17.1 Å². The molecule has 0 aliphatic rings. The molecule has 7 heteroatoms. The molecule has 0 aliphatic heterocycles. The van der Waals surface area contributed by atoms with Gasteiger partial charge in [0.1, 0.15) is 28.9 Å². The summed E-state index contributed by atoms with van der Waals surface area (Å²) in [5.74, 6) is -0.926. The molecular formula is C15H13FN2O3S. The van der Waals surface area contributed by atoms with Crippen molar-refractivity contribution in [3.8, 4) is 11.1 Å². The highest BCUT2D eigenvalue weighted by Crippen LogP contribution is 2.38. The van der Waals surface area contributed by atoms with Gasteiger partial charge in [-0.2, -0.15) is 5.26 Å². The van der Waals surface area contributed by atoms with E-state index < -0.39 is 5.97 Å². The number of carbonyl (C=O) groups is 1. The van der Waals surface area contributed by atoms with E-state index in [-0.39, 0.29) is 40.2 Å². The first-order chi connectivity index (χ1) is 10.6. The first-order valence-corrected chi connectivity index (χ1v) is 7.25. The summed E-state index contributed by atoms with van der Waals surface area (Å²) in [6.45, 7) is 2.03. The summed E-state index contributed by atoms with van der Waals surface area (Å²) < 4.78 is 23.2. The van der Waals surface area contributed by atoms with Gasteiger partial charge in [-0.05, 0) is 24.6 Å². The van der Waals surface area contributed by atoms with E-state index in [0.29, 0.717) is 0 Å². The fourth-order valence-corrected chi connectivity index (χ4v) is 2.62. The summed E-state index contributed by atoms with van der Waals surface area (Å²) in [5.41, 5.74) is 6.69. The Balaban J connectivity index is 2.20. The van der Waals surface area contributed by atoms with Gasteiger partial charge in [0.25, 0.3) is 0 Å². The number of carbonyl (C=O) groups excluding carboxylic acids is 1. The lowest BCUT2D eigenvalue weighted by molar-refractivity contribution is 0.0533. The van der Waals surface area contributed by atoms with Crippen LogP contribution in [-0.2, 0) is 11.3 Å². The minimum atomic E-state index is -0.585. The van der Waals surface area contributed by atoms with Crippen LogP contribution in [0.25, 0.3) is 0 Å². The van der Waals surface area contributed by atoms with Crippen molar-refractivity contribution < 1.29 is 18.7 Å². The Labute approximate surface area is 130 Å². The van der Waals surface area contributed by atoms with E-state index in [9.17, 15) is 9.18 Å². The minimum Gasteiger partial charge on any atom is -0.478 e. The second kappa shape index (κ2) is 6.91. The molecule has 5 nitrogen and oxygen atoms in total. The molecule has 0 radical (unpaired) electrons. The number of nitrogens with zero attached hydrogens (tertiary/aromatic N) is 1. The molecule has 1 aromatic carbocycles. The molecule has 0 spiro atoms. The first-order valence-electron chi connectivity index (χ1n) is 6.43. The van der Waals surface area contributed by atoms with Crippen molar-refractivity contribution in [3.05, 3.63) is 46.1 Å². The van der Waals surface area contributed by atoms with E-state index in [1.165, 1.54) is 12.1 Å². The molecule has 0 unspecified atom stereocenters. The zero-order valence-corrected chi connectivity index (χ0v) is 12.6. The molecule has 0 saturated heterocycles. The van der Waals surface area contributed by atoms with E-state index >= 15 is 0 Å². The largest absolute Gasteiger partial charge is 0.478 e. The number of anilines is 1. The van der Waals surface area contributed by atoms with Gasteiger partial charge >= 0.3 is 5.97 Å². The van der Waals surface area contributed by atoms with Gasteiger partial charge in [-0.1, -0.05) is 23.5 Å². The summed E-state index contributed by atoms with van der Waals surface area (Å²) in [6, 6.07) is 7.70. The Morgan fingerprint density at radius 2 is 2.09 bits per heavy atom. The number of nitrogen functional groups attached to an aromatic ring is 1. The van der Waals surface area contributed by atoms with E-state index in [0.717, 1.165) is 16.9 Å². The number of ether oxygens (including phenoxy) is 2. The molecule has 0 aliphatic carbocycles. The van der Waals surface area contributed by atoms with Crippen LogP contribution >= 0.6 is 11.3 Å². The van der Waals surface area contributed by atoms with Crippen LogP contribution in [-0.4, -0.2) is 12.6 Å². The van der Waals surface area contributed by atoms with Gasteiger partial charge in [0, 0.05) is 0 Å². The molecule has 114 valence electrons. The summed E-state index contributed by atoms with van der Waals surface area (Å²) >= 11 is 0.963. The minimum absolute atomic E-state index is 0.0556. The molecule has 22 heavy (non-hydrogen) atoms. The number of nitrogens with two attached hydrogens (primary N) is 1. The Morgan fingerprint density at radius 3 is 2.68 bits per heavy atom. The average Bonchev–Trinajstić information content (AvgIpc) is 2.83. The predicted octanol–water partition coefficient (Wildman–Crippen LogP) is 3.10. The quantitative estimate of drug-likeness (QED) is 0.856. The highest BCUT2D eigenvalue weighted by Gasteiger charge is 2.23. The highest BCUT2D eigenvalue weighted by molar-refractivity contribution is 7.16. The first kappa shape index (κ1) is 15.8. The van der Waals surface area contributed by atoms with Crippen molar-refractivity contribution in [1.29, 1.82) is 5.26 Å². The van der Waals surface area contributed by atoms with Gasteiger partial charge < -0.3 is 15.2 Å². The number of nitriles is 1. The zero-order chi connectivity index (χ0) is 16.1. The van der Waals surface area contributed by atoms with Gasteiger partial charge in [-0.25, -0.2) is 9.18 Å². The number of esters is 1. The Kier molecular flexibility index (Phi) is 4.96. The maximum absolute atomic E-state index is 12.8. The van der Waals surface area contributed by atoms with Gasteiger partial charge in [0.05, 0.1) is 12.3 Å². The molecule has 0 bridgehead atoms. The lowest BCUT2D eigenvalue weighted by atomic mass is 10.2. The molecule has 0 amide bonds. The van der Waals surface area contributed by atoms with Crippen LogP contribution < -0.4 is 10.5 Å². The number of hydrogen-bond acceptors (Lipinski definition) is 6. The second-order valence-electron chi connectivity index (χ2n) is 4.25. The molecule has 0 atom stereocenters. The van der Waals surface area contributed by atoms with E-state index in [2.05, 4.69) is 0 Å². The lowest BCUT2D eigenvalue weighted by Crippen LogP contribution is -2.05. The third kappa shape index (κ3) is 3.35. The highest BCUT2D eigenvalue weighted by atomic mass is 32.1. The Bertz CT molecular complexity index is 720. The Morgan fingerprint density at radius 1 is 1.41 bits per heavy atom. The second-order valence-corrected chi connectivity index (χ2v) is 5.24. The fraction of sp³-hybridized carbons (Fsp3) is 0.200. The normalized spacial score (nSPS) is 10.0. The van der Waals surface area contributed by atoms with Gasteiger partial charge in [-0.15, -0.1) is 0 Å². The van der Waals surface area contributed by atoms with E-state index in [1.807, 2.05) is 6.07 Å². The zero-order valence-electron chi connectivity index (χ0n) is 11.8. The predicted molar refractivity (Wildman–Crippen MR) is 80.1 cm³/mol. The summed E-state index contributed by atoms with van der Waals surface area (Å²) in [6.07, 6.45) is 0. The fourth-order valence-electron chi connectivity index (χ4n) is 1.71. The smallest absolute Gasteiger partial charge is 0.350 e. The number of rotatable bonds is 5. The monoisotopic (exact) mass is 320 g/mol. The molecular weight excluding hydrogens is 307 g/mol. The Hall–Kier alpha value is -2.59. The number of benzene rings is 1. The number of hydrogen-bond donors (Lipinski definition) is 1. The van der Waals surface area contributed by atoms with E-state index in [1.54, 1.807) is 19.1 Å². The van der Waals surface area contributed by atoms with Crippen molar-refractivity contribution >= 4 is 23.0 Å². The van der Waals surface area contributed by atoms with Gasteiger partial charge in [0.2, 0.25) is 0 Å². The molecule has 1 heterocycles. The van der Waals surface area contributed by atoms with Crippen molar-refractivity contribution in [2.45, 2.75) is 13.5 Å². The number of halogens is 1. The van der Waals surface area contributed by atoms with Crippen LogP contribution in [0.4, 0.5) is 10.1 Å². The molecule has 0 saturated carbocycles. The van der Waals surface area contributed by atoms with Crippen LogP contribution in [0.1, 0.15) is 27.7 Å². The summed E-state index contributed by atoms with van der Waals surface area (Å²) in [5, 5.41) is 9.40. The molecule has 2 N–H and O–H groups in total.